The summed E-state index contributed by atoms with van der Waals surface area (Å²) in [5, 5.41) is 36.0. The molecule has 0 aliphatic carbocycles. The molecular formula is C16H9FO8. The maximum absolute atomic E-state index is 14.5. The quantitative estimate of drug-likeness (QED) is 0.643. The molecule has 0 bridgehead atoms. The van der Waals surface area contributed by atoms with Gasteiger partial charge in [0, 0.05) is 5.56 Å². The molecular weight excluding hydrogens is 339 g/mol. The van der Waals surface area contributed by atoms with E-state index in [1.54, 1.807) is 0 Å². The minimum absolute atomic E-state index is 0.112. The standard InChI is InChI=1S/C16H9FO8/c17-12-7(3-4-9(14(20)21)11(12)16(24)25)6-1-2-8(13(18)19)10(5-6)15(22)23/h1-5H,(H,18,19)(H,20,21)(H,22,23)(H,24,25). The molecule has 128 valence electrons. The Labute approximate surface area is 138 Å². The fourth-order valence-electron chi connectivity index (χ4n) is 2.26. The minimum atomic E-state index is -1.81. The normalized spacial score (nSPS) is 10.3. The maximum Gasteiger partial charge on any atom is 0.339 e. The second-order valence-electron chi connectivity index (χ2n) is 4.83. The number of rotatable bonds is 5. The van der Waals surface area contributed by atoms with Crippen LogP contribution in [0.25, 0.3) is 11.1 Å². The van der Waals surface area contributed by atoms with E-state index >= 15 is 0 Å². The first-order valence-electron chi connectivity index (χ1n) is 6.55. The topological polar surface area (TPSA) is 149 Å². The van der Waals surface area contributed by atoms with E-state index in [1.165, 1.54) is 0 Å². The molecule has 0 unspecified atom stereocenters. The fourth-order valence-corrected chi connectivity index (χ4v) is 2.26. The number of aromatic carboxylic acids is 4. The molecule has 0 amide bonds. The van der Waals surface area contributed by atoms with Crippen LogP contribution in [-0.2, 0) is 0 Å². The van der Waals surface area contributed by atoms with Gasteiger partial charge in [0.25, 0.3) is 0 Å². The Morgan fingerprint density at radius 2 is 1.20 bits per heavy atom. The minimum Gasteiger partial charge on any atom is -0.478 e. The van der Waals surface area contributed by atoms with Crippen molar-refractivity contribution >= 4 is 23.9 Å². The lowest BCUT2D eigenvalue weighted by molar-refractivity contribution is 0.0647. The Morgan fingerprint density at radius 3 is 1.68 bits per heavy atom. The number of hydrogen-bond donors (Lipinski definition) is 4. The Balaban J connectivity index is 2.75. The van der Waals surface area contributed by atoms with Crippen LogP contribution in [0.15, 0.2) is 30.3 Å². The summed E-state index contributed by atoms with van der Waals surface area (Å²) in [6.07, 6.45) is 0. The van der Waals surface area contributed by atoms with Gasteiger partial charge in [0.2, 0.25) is 0 Å². The van der Waals surface area contributed by atoms with E-state index in [9.17, 15) is 23.6 Å². The van der Waals surface area contributed by atoms with Gasteiger partial charge in [0.1, 0.15) is 11.4 Å². The molecule has 0 aromatic heterocycles. The van der Waals surface area contributed by atoms with Gasteiger partial charge in [-0.3, -0.25) is 0 Å². The van der Waals surface area contributed by atoms with E-state index in [1.807, 2.05) is 0 Å². The molecule has 0 aliphatic heterocycles. The van der Waals surface area contributed by atoms with Crippen molar-refractivity contribution in [1.82, 2.24) is 0 Å². The van der Waals surface area contributed by atoms with Crippen LogP contribution in [0.4, 0.5) is 4.39 Å². The van der Waals surface area contributed by atoms with E-state index in [-0.39, 0.29) is 11.1 Å². The highest BCUT2D eigenvalue weighted by atomic mass is 19.1. The average molecular weight is 348 g/mol. The predicted molar refractivity (Wildman–Crippen MR) is 79.7 cm³/mol. The summed E-state index contributed by atoms with van der Waals surface area (Å²) in [5.74, 6) is -7.89. The highest BCUT2D eigenvalue weighted by molar-refractivity contribution is 6.04. The van der Waals surface area contributed by atoms with Crippen LogP contribution in [-0.4, -0.2) is 44.3 Å². The summed E-state index contributed by atoms with van der Waals surface area (Å²) < 4.78 is 14.5. The zero-order chi connectivity index (χ0) is 18.9. The van der Waals surface area contributed by atoms with E-state index in [2.05, 4.69) is 0 Å². The summed E-state index contributed by atoms with van der Waals surface area (Å²) in [5.41, 5.74) is -3.49. The van der Waals surface area contributed by atoms with Gasteiger partial charge in [0.05, 0.1) is 16.7 Å². The molecule has 0 fully saturated rings. The van der Waals surface area contributed by atoms with Gasteiger partial charge in [-0.05, 0) is 23.8 Å². The number of carbonyl (C=O) groups is 4. The van der Waals surface area contributed by atoms with Crippen LogP contribution >= 0.6 is 0 Å². The van der Waals surface area contributed by atoms with Crippen molar-refractivity contribution in [2.24, 2.45) is 0 Å². The summed E-state index contributed by atoms with van der Waals surface area (Å²) >= 11 is 0. The highest BCUT2D eigenvalue weighted by Crippen LogP contribution is 2.29. The third kappa shape index (κ3) is 3.15. The van der Waals surface area contributed by atoms with Crippen LogP contribution in [0.2, 0.25) is 0 Å². The third-order valence-corrected chi connectivity index (χ3v) is 3.38. The Kier molecular flexibility index (Phi) is 4.50. The monoisotopic (exact) mass is 348 g/mol. The number of carboxylic acid groups (broad SMARTS) is 4. The zero-order valence-corrected chi connectivity index (χ0v) is 12.2. The SMILES string of the molecule is O=C(O)c1ccc(-c2ccc(C(=O)O)c(C(=O)O)c2F)cc1C(=O)O. The van der Waals surface area contributed by atoms with Crippen molar-refractivity contribution in [3.8, 4) is 11.1 Å². The molecule has 0 saturated heterocycles. The van der Waals surface area contributed by atoms with E-state index in [0.29, 0.717) is 0 Å². The molecule has 2 rings (SSSR count). The zero-order valence-electron chi connectivity index (χ0n) is 12.2. The first kappa shape index (κ1) is 17.6. The number of halogens is 1. The second kappa shape index (κ2) is 6.40. The van der Waals surface area contributed by atoms with Crippen molar-refractivity contribution in [1.29, 1.82) is 0 Å². The lowest BCUT2D eigenvalue weighted by atomic mass is 9.95. The first-order chi connectivity index (χ1) is 11.6. The maximum atomic E-state index is 14.5. The van der Waals surface area contributed by atoms with Crippen molar-refractivity contribution in [2.45, 2.75) is 0 Å². The predicted octanol–water partition coefficient (Wildman–Crippen LogP) is 2.29. The Hall–Kier alpha value is -3.75. The molecule has 2 aromatic rings. The molecule has 25 heavy (non-hydrogen) atoms. The summed E-state index contributed by atoms with van der Waals surface area (Å²) in [4.78, 5) is 44.4. The summed E-state index contributed by atoms with van der Waals surface area (Å²) in [6.45, 7) is 0. The molecule has 0 saturated carbocycles. The van der Waals surface area contributed by atoms with Gasteiger partial charge < -0.3 is 20.4 Å². The van der Waals surface area contributed by atoms with Gasteiger partial charge in [-0.2, -0.15) is 0 Å². The second-order valence-corrected chi connectivity index (χ2v) is 4.83. The van der Waals surface area contributed by atoms with Crippen LogP contribution in [0, 0.1) is 5.82 Å². The molecule has 0 spiro atoms. The van der Waals surface area contributed by atoms with E-state index < -0.39 is 51.9 Å². The molecule has 0 radical (unpaired) electrons. The molecule has 9 heteroatoms. The van der Waals surface area contributed by atoms with Gasteiger partial charge in [0.15, 0.2) is 0 Å². The lowest BCUT2D eigenvalue weighted by Gasteiger charge is -2.10. The number of carboxylic acids is 4. The molecule has 0 aliphatic rings. The van der Waals surface area contributed by atoms with Crippen molar-refractivity contribution in [3.05, 3.63) is 58.4 Å². The average Bonchev–Trinajstić information content (AvgIpc) is 2.53. The number of hydrogen-bond acceptors (Lipinski definition) is 4. The third-order valence-electron chi connectivity index (χ3n) is 3.38. The van der Waals surface area contributed by atoms with Gasteiger partial charge in [-0.15, -0.1) is 0 Å². The largest absolute Gasteiger partial charge is 0.478 e. The van der Waals surface area contributed by atoms with Crippen LogP contribution < -0.4 is 0 Å². The van der Waals surface area contributed by atoms with Gasteiger partial charge in [-0.25, -0.2) is 23.6 Å². The van der Waals surface area contributed by atoms with Crippen LogP contribution in [0.5, 0.6) is 0 Å². The molecule has 0 heterocycles. The Morgan fingerprint density at radius 1 is 0.680 bits per heavy atom. The van der Waals surface area contributed by atoms with E-state index in [0.717, 1.165) is 30.3 Å². The highest BCUT2D eigenvalue weighted by Gasteiger charge is 2.25. The lowest BCUT2D eigenvalue weighted by Crippen LogP contribution is -2.12. The molecule has 4 N–H and O–H groups in total. The first-order valence-corrected chi connectivity index (χ1v) is 6.55. The summed E-state index contributed by atoms with van der Waals surface area (Å²) in [6, 6.07) is 4.76. The molecule has 0 atom stereocenters. The van der Waals surface area contributed by atoms with Crippen LogP contribution in [0.1, 0.15) is 41.4 Å². The van der Waals surface area contributed by atoms with Crippen molar-refractivity contribution in [2.75, 3.05) is 0 Å². The summed E-state index contributed by atoms with van der Waals surface area (Å²) in [7, 11) is 0. The smallest absolute Gasteiger partial charge is 0.339 e. The number of benzene rings is 2. The van der Waals surface area contributed by atoms with Crippen molar-refractivity contribution in [3.63, 3.8) is 0 Å². The van der Waals surface area contributed by atoms with Gasteiger partial charge in [-0.1, -0.05) is 12.1 Å². The van der Waals surface area contributed by atoms with Crippen LogP contribution in [0.3, 0.4) is 0 Å². The Bertz CT molecular complexity index is 932. The van der Waals surface area contributed by atoms with Gasteiger partial charge >= 0.3 is 23.9 Å². The van der Waals surface area contributed by atoms with E-state index in [4.69, 9.17) is 20.4 Å². The van der Waals surface area contributed by atoms with Crippen molar-refractivity contribution < 1.29 is 44.0 Å². The molecule has 2 aromatic carbocycles. The fraction of sp³-hybridized carbons (Fsp3) is 0. The molecule has 8 nitrogen and oxygen atoms in total.